The van der Waals surface area contributed by atoms with E-state index in [4.69, 9.17) is 4.74 Å². The Hall–Kier alpha value is -3.07. The lowest BCUT2D eigenvalue weighted by Crippen LogP contribution is -2.65. The minimum atomic E-state index is -2.18. The van der Waals surface area contributed by atoms with Crippen LogP contribution in [0.15, 0.2) is 66.2 Å². The Balaban J connectivity index is 1.44. The van der Waals surface area contributed by atoms with Gasteiger partial charge in [0.15, 0.2) is 23.2 Å². The maximum Gasteiger partial charge on any atom is 0.357 e. The van der Waals surface area contributed by atoms with Crippen molar-refractivity contribution >= 4 is 11.8 Å². The normalized spacial score (nSPS) is 38.8. The van der Waals surface area contributed by atoms with Crippen molar-refractivity contribution in [3.63, 3.8) is 0 Å². The summed E-state index contributed by atoms with van der Waals surface area (Å²) >= 11 is 0. The molecule has 1 aromatic heterocycles. The monoisotopic (exact) mass is 518 g/mol. The average Bonchev–Trinajstić information content (AvgIpc) is 3.20. The predicted molar refractivity (Wildman–Crippen MR) is 138 cm³/mol. The van der Waals surface area contributed by atoms with Gasteiger partial charge in [0.25, 0.3) is 0 Å². The highest BCUT2D eigenvalue weighted by Gasteiger charge is 2.76. The van der Waals surface area contributed by atoms with Crippen LogP contribution in [0.4, 0.5) is 0 Å². The van der Waals surface area contributed by atoms with Gasteiger partial charge in [-0.1, -0.05) is 51.1 Å². The van der Waals surface area contributed by atoms with E-state index in [0.29, 0.717) is 17.7 Å². The van der Waals surface area contributed by atoms with Crippen molar-refractivity contribution < 1.29 is 29.6 Å². The number of hydrogen-bond donors (Lipinski definition) is 3. The van der Waals surface area contributed by atoms with E-state index in [-0.39, 0.29) is 40.2 Å². The first-order valence-corrected chi connectivity index (χ1v) is 13.2. The zero-order valence-electron chi connectivity index (χ0n) is 22.0. The van der Waals surface area contributed by atoms with Gasteiger partial charge in [0.1, 0.15) is 6.10 Å². The molecule has 1 heterocycles. The van der Waals surface area contributed by atoms with E-state index in [2.05, 4.69) is 18.8 Å². The minimum absolute atomic E-state index is 0.0558. The van der Waals surface area contributed by atoms with Gasteiger partial charge in [-0.05, 0) is 59.8 Å². The van der Waals surface area contributed by atoms with E-state index in [1.165, 1.54) is 12.5 Å². The van der Waals surface area contributed by atoms with Gasteiger partial charge in [-0.2, -0.15) is 0 Å². The van der Waals surface area contributed by atoms with Crippen LogP contribution in [-0.4, -0.2) is 61.0 Å². The molecule has 0 saturated heterocycles. The van der Waals surface area contributed by atoms with Crippen LogP contribution < -0.4 is 0 Å². The number of benzene rings is 1. The molecule has 4 aliphatic rings. The number of carbonyl (C=O) groups is 2. The van der Waals surface area contributed by atoms with Crippen LogP contribution in [0.3, 0.4) is 0 Å². The first-order valence-electron chi connectivity index (χ1n) is 13.2. The predicted octanol–water partition coefficient (Wildman–Crippen LogP) is 2.87. The van der Waals surface area contributed by atoms with Gasteiger partial charge in [-0.3, -0.25) is 9.36 Å². The van der Waals surface area contributed by atoms with E-state index in [1.54, 1.807) is 23.6 Å². The molecule has 1 spiro atoms. The number of aromatic nitrogens is 2. The smallest absolute Gasteiger partial charge is 0.357 e. The second-order valence-electron chi connectivity index (χ2n) is 12.1. The number of nitrogens with zero attached hydrogens (tertiary/aromatic N) is 2. The third-order valence-electron chi connectivity index (χ3n) is 10.0. The van der Waals surface area contributed by atoms with Gasteiger partial charge in [0.2, 0.25) is 0 Å². The fourth-order valence-electron chi connectivity index (χ4n) is 8.00. The van der Waals surface area contributed by atoms with Crippen molar-refractivity contribution in [1.29, 1.82) is 0 Å². The summed E-state index contributed by atoms with van der Waals surface area (Å²) < 4.78 is 7.57. The number of hydrogen-bond acceptors (Lipinski definition) is 7. The fraction of sp³-hybridized carbons (Fsp3) is 0.500. The van der Waals surface area contributed by atoms with Crippen LogP contribution in [0.25, 0.3) is 5.69 Å². The number of esters is 1. The summed E-state index contributed by atoms with van der Waals surface area (Å²) in [5.41, 5.74) is -2.16. The highest BCUT2D eigenvalue weighted by molar-refractivity contribution is 5.96. The lowest BCUT2D eigenvalue weighted by Gasteiger charge is -2.48. The number of aliphatic hydroxyl groups excluding tert-OH is 2. The number of para-hydroxylation sites is 1. The number of imidazole rings is 1. The topological polar surface area (TPSA) is 122 Å². The van der Waals surface area contributed by atoms with Gasteiger partial charge in [0.05, 0.1) is 24.5 Å². The number of ether oxygens (including phenoxy) is 1. The number of carbonyl (C=O) groups excluding carboxylic acids is 2. The Labute approximate surface area is 221 Å². The molecule has 200 valence electrons. The molecule has 4 aliphatic carbocycles. The summed E-state index contributed by atoms with van der Waals surface area (Å²) in [5.74, 6) is -1.46. The van der Waals surface area contributed by atoms with Crippen molar-refractivity contribution in [2.45, 2.75) is 51.9 Å². The Morgan fingerprint density at radius 2 is 1.95 bits per heavy atom. The molecule has 6 rings (SSSR count). The number of ketones is 1. The Morgan fingerprint density at radius 3 is 2.63 bits per heavy atom. The van der Waals surface area contributed by atoms with Crippen LogP contribution >= 0.6 is 0 Å². The zero-order valence-corrected chi connectivity index (χ0v) is 22.0. The number of Topliss-reactive ketones (excluding diaryl/α,β-unsaturated/α-hetero) is 1. The molecule has 3 N–H and O–H groups in total. The number of rotatable bonds is 4. The highest BCUT2D eigenvalue weighted by atomic mass is 16.6. The molecule has 0 amide bonds. The lowest BCUT2D eigenvalue weighted by atomic mass is 9.59. The SMILES string of the molecule is CC1=C[C@]23C(=O)[C@@H](C=C(CO)[C@@H](O)[C@]2(O)[C@H]1OC(=O)c1cncn1-c1ccccc1)[C@H]1[C@@H](C[C@H]3C)C1(C)C. The van der Waals surface area contributed by atoms with Gasteiger partial charge in [-0.15, -0.1) is 0 Å². The van der Waals surface area contributed by atoms with Crippen molar-refractivity contribution in [1.82, 2.24) is 9.55 Å². The molecule has 38 heavy (non-hydrogen) atoms. The first-order chi connectivity index (χ1) is 18.0. The fourth-order valence-corrected chi connectivity index (χ4v) is 8.00. The van der Waals surface area contributed by atoms with Crippen molar-refractivity contribution in [2.75, 3.05) is 6.61 Å². The molecular formula is C30H34N2O6. The third-order valence-corrected chi connectivity index (χ3v) is 10.0. The lowest BCUT2D eigenvalue weighted by molar-refractivity contribution is -0.190. The molecule has 0 unspecified atom stereocenters. The van der Waals surface area contributed by atoms with Crippen LogP contribution in [0.2, 0.25) is 0 Å². The van der Waals surface area contributed by atoms with E-state index >= 15 is 0 Å². The number of aliphatic hydroxyl groups is 3. The zero-order chi connectivity index (χ0) is 27.2. The molecule has 8 atom stereocenters. The Kier molecular flexibility index (Phi) is 5.45. The van der Waals surface area contributed by atoms with Gasteiger partial charge >= 0.3 is 5.97 Å². The molecule has 1 aromatic carbocycles. The standard InChI is InChI=1S/C30H34N2O6/c1-16-12-29-17(2)10-21-23(28(21,3)4)20(25(29)35)11-18(14-33)24(34)30(29,37)26(16)38-27(36)22-13-31-15-32(22)19-8-6-5-7-9-19/h5-9,11-13,15,17,20-21,23-24,26,33-34,37H,10,14H2,1-4H3/t17-,20+,21-,23+,24-,26+,29+,30+/m1/s1. The maximum absolute atomic E-state index is 14.4. The van der Waals surface area contributed by atoms with E-state index in [1.807, 2.05) is 37.3 Å². The van der Waals surface area contributed by atoms with E-state index < -0.39 is 41.7 Å². The summed E-state index contributed by atoms with van der Waals surface area (Å²) in [6, 6.07) is 9.20. The molecule has 2 aromatic rings. The van der Waals surface area contributed by atoms with Crippen molar-refractivity contribution in [3.8, 4) is 5.69 Å². The summed E-state index contributed by atoms with van der Waals surface area (Å²) in [7, 11) is 0. The van der Waals surface area contributed by atoms with Gasteiger partial charge in [-0.25, -0.2) is 9.78 Å². The second kappa shape index (κ2) is 8.21. The van der Waals surface area contributed by atoms with Gasteiger partial charge in [0, 0.05) is 11.6 Å². The third kappa shape index (κ3) is 3.05. The molecule has 2 fully saturated rings. The van der Waals surface area contributed by atoms with Crippen molar-refractivity contribution in [2.24, 2.45) is 34.5 Å². The number of allylic oxidation sites excluding steroid dienone is 1. The Bertz CT molecular complexity index is 1380. The molecule has 0 aliphatic heterocycles. The molecule has 2 saturated carbocycles. The summed E-state index contributed by atoms with van der Waals surface area (Å²) in [5, 5.41) is 34.5. The molecule has 0 radical (unpaired) electrons. The van der Waals surface area contributed by atoms with Crippen LogP contribution in [0.1, 0.15) is 44.6 Å². The molecule has 8 heteroatoms. The van der Waals surface area contributed by atoms with Crippen molar-refractivity contribution in [3.05, 3.63) is 71.8 Å². The van der Waals surface area contributed by atoms with Crippen LogP contribution in [0, 0.1) is 34.5 Å². The quantitative estimate of drug-likeness (QED) is 0.420. The highest BCUT2D eigenvalue weighted by Crippen LogP contribution is 2.71. The molecular weight excluding hydrogens is 484 g/mol. The maximum atomic E-state index is 14.4. The minimum Gasteiger partial charge on any atom is -0.450 e. The largest absolute Gasteiger partial charge is 0.450 e. The van der Waals surface area contributed by atoms with Crippen LogP contribution in [0.5, 0.6) is 0 Å². The summed E-state index contributed by atoms with van der Waals surface area (Å²) in [4.78, 5) is 32.1. The molecule has 2 bridgehead atoms. The summed E-state index contributed by atoms with van der Waals surface area (Å²) in [6.07, 6.45) is 4.08. The average molecular weight is 519 g/mol. The van der Waals surface area contributed by atoms with Gasteiger partial charge < -0.3 is 20.1 Å². The second-order valence-corrected chi connectivity index (χ2v) is 12.1. The summed E-state index contributed by atoms with van der Waals surface area (Å²) in [6.45, 7) is 7.43. The van der Waals surface area contributed by atoms with E-state index in [0.717, 1.165) is 0 Å². The first kappa shape index (κ1) is 25.2. The number of fused-ring (bicyclic) bond motifs is 3. The molecule has 8 nitrogen and oxygen atoms in total. The Morgan fingerprint density at radius 1 is 1.24 bits per heavy atom. The van der Waals surface area contributed by atoms with E-state index in [9.17, 15) is 24.9 Å². The van der Waals surface area contributed by atoms with Crippen LogP contribution in [-0.2, 0) is 9.53 Å².